The molecule has 0 amide bonds. The van der Waals surface area contributed by atoms with Gasteiger partial charge in [0.1, 0.15) is 17.2 Å². The molecule has 1 unspecified atom stereocenters. The van der Waals surface area contributed by atoms with Gasteiger partial charge in [-0.2, -0.15) is 0 Å². The Morgan fingerprint density at radius 1 is 1.10 bits per heavy atom. The van der Waals surface area contributed by atoms with E-state index in [0.717, 1.165) is 22.1 Å². The second-order valence-electron chi connectivity index (χ2n) is 4.89. The van der Waals surface area contributed by atoms with Crippen LogP contribution in [0.25, 0.3) is 22.3 Å². The van der Waals surface area contributed by atoms with Gasteiger partial charge in [0.25, 0.3) is 0 Å². The minimum absolute atomic E-state index is 0.124. The first kappa shape index (κ1) is 12.9. The van der Waals surface area contributed by atoms with Crippen LogP contribution in [0.15, 0.2) is 52.9 Å². The van der Waals surface area contributed by atoms with E-state index in [1.807, 2.05) is 44.3 Å². The fraction of sp³-hybridized carbons (Fsp3) is 0.176. The monoisotopic (exact) mass is 269 g/mol. The molecule has 20 heavy (non-hydrogen) atoms. The van der Waals surface area contributed by atoms with Crippen LogP contribution in [0.1, 0.15) is 18.5 Å². The highest BCUT2D eigenvalue weighted by atomic mass is 19.1. The number of rotatable bonds is 3. The van der Waals surface area contributed by atoms with Gasteiger partial charge in [0.05, 0.1) is 0 Å². The van der Waals surface area contributed by atoms with Crippen molar-refractivity contribution in [3.8, 4) is 11.3 Å². The van der Waals surface area contributed by atoms with Crippen LogP contribution in [0, 0.1) is 5.82 Å². The highest BCUT2D eigenvalue weighted by molar-refractivity contribution is 5.83. The number of furan rings is 1. The molecule has 3 rings (SSSR count). The van der Waals surface area contributed by atoms with Crippen molar-refractivity contribution in [1.82, 2.24) is 5.32 Å². The molecule has 1 atom stereocenters. The first-order chi connectivity index (χ1) is 9.69. The Kier molecular flexibility index (Phi) is 3.28. The lowest BCUT2D eigenvalue weighted by atomic mass is 9.99. The average molecular weight is 269 g/mol. The number of hydrogen-bond donors (Lipinski definition) is 1. The molecule has 0 bridgehead atoms. The number of halogens is 1. The van der Waals surface area contributed by atoms with Gasteiger partial charge < -0.3 is 9.73 Å². The summed E-state index contributed by atoms with van der Waals surface area (Å²) in [5.74, 6) is 0.440. The molecule has 0 radical (unpaired) electrons. The second-order valence-corrected chi connectivity index (χ2v) is 4.89. The molecule has 2 nitrogen and oxygen atoms in total. The van der Waals surface area contributed by atoms with E-state index in [1.165, 1.54) is 12.1 Å². The molecule has 102 valence electrons. The van der Waals surface area contributed by atoms with Crippen molar-refractivity contribution in [3.63, 3.8) is 0 Å². The number of nitrogens with one attached hydrogen (secondary N) is 1. The highest BCUT2D eigenvalue weighted by Crippen LogP contribution is 2.33. The molecular formula is C17H16FNO. The SMILES string of the molecule is CNC(C)c1ccc(F)cc1-c1cc2ccccc2o1. The van der Waals surface area contributed by atoms with Gasteiger partial charge in [0.2, 0.25) is 0 Å². The van der Waals surface area contributed by atoms with Crippen molar-refractivity contribution in [3.05, 3.63) is 59.9 Å². The smallest absolute Gasteiger partial charge is 0.135 e. The summed E-state index contributed by atoms with van der Waals surface area (Å²) < 4.78 is 19.4. The van der Waals surface area contributed by atoms with E-state index in [4.69, 9.17) is 4.42 Å². The number of para-hydroxylation sites is 1. The molecule has 0 aliphatic heterocycles. The van der Waals surface area contributed by atoms with Crippen molar-refractivity contribution in [2.75, 3.05) is 7.05 Å². The summed E-state index contributed by atoms with van der Waals surface area (Å²) in [6.07, 6.45) is 0. The lowest BCUT2D eigenvalue weighted by Gasteiger charge is -2.14. The predicted octanol–water partition coefficient (Wildman–Crippen LogP) is 4.52. The van der Waals surface area contributed by atoms with Gasteiger partial charge in [-0.3, -0.25) is 0 Å². The minimum atomic E-state index is -0.257. The van der Waals surface area contributed by atoms with Crippen LogP contribution in [0.2, 0.25) is 0 Å². The lowest BCUT2D eigenvalue weighted by Crippen LogP contribution is -2.13. The van der Waals surface area contributed by atoms with Crippen molar-refractivity contribution < 1.29 is 8.81 Å². The standard InChI is InChI=1S/C17H16FNO/c1-11(19-2)14-8-7-13(18)10-15(14)17-9-12-5-3-4-6-16(12)20-17/h3-11,19H,1-2H3. The maximum Gasteiger partial charge on any atom is 0.135 e. The van der Waals surface area contributed by atoms with Crippen LogP contribution in [0.4, 0.5) is 4.39 Å². The molecule has 1 N–H and O–H groups in total. The fourth-order valence-corrected chi connectivity index (χ4v) is 2.39. The van der Waals surface area contributed by atoms with Gasteiger partial charge in [-0.15, -0.1) is 0 Å². The third-order valence-electron chi connectivity index (χ3n) is 3.61. The number of benzene rings is 2. The first-order valence-electron chi connectivity index (χ1n) is 6.64. The van der Waals surface area contributed by atoms with Gasteiger partial charge in [0, 0.05) is 17.0 Å². The molecule has 1 aromatic heterocycles. The second kappa shape index (κ2) is 5.10. The van der Waals surface area contributed by atoms with Crippen molar-refractivity contribution >= 4 is 11.0 Å². The van der Waals surface area contributed by atoms with Crippen molar-refractivity contribution in [2.45, 2.75) is 13.0 Å². The van der Waals surface area contributed by atoms with E-state index >= 15 is 0 Å². The summed E-state index contributed by atoms with van der Waals surface area (Å²) in [7, 11) is 1.89. The van der Waals surface area contributed by atoms with Crippen LogP contribution >= 0.6 is 0 Å². The largest absolute Gasteiger partial charge is 0.456 e. The van der Waals surface area contributed by atoms with E-state index in [0.29, 0.717) is 5.76 Å². The topological polar surface area (TPSA) is 25.2 Å². The third kappa shape index (κ3) is 2.21. The molecule has 2 aromatic carbocycles. The minimum Gasteiger partial charge on any atom is -0.456 e. The van der Waals surface area contributed by atoms with Crippen LogP contribution in [-0.2, 0) is 0 Å². The zero-order valence-corrected chi connectivity index (χ0v) is 11.5. The molecule has 0 fully saturated rings. The van der Waals surface area contributed by atoms with Crippen LogP contribution in [-0.4, -0.2) is 7.05 Å². The summed E-state index contributed by atoms with van der Waals surface area (Å²) in [6.45, 7) is 2.04. The highest BCUT2D eigenvalue weighted by Gasteiger charge is 2.15. The fourth-order valence-electron chi connectivity index (χ4n) is 2.39. The Labute approximate surface area is 117 Å². The Balaban J connectivity index is 2.19. The molecule has 3 aromatic rings. The summed E-state index contributed by atoms with van der Waals surface area (Å²) >= 11 is 0. The van der Waals surface area contributed by atoms with Crippen LogP contribution < -0.4 is 5.32 Å². The first-order valence-corrected chi connectivity index (χ1v) is 6.64. The molecule has 0 aliphatic rings. The quantitative estimate of drug-likeness (QED) is 0.756. The van der Waals surface area contributed by atoms with E-state index in [1.54, 1.807) is 6.07 Å². The number of hydrogen-bond acceptors (Lipinski definition) is 2. The van der Waals surface area contributed by atoms with Crippen LogP contribution in [0.3, 0.4) is 0 Å². The third-order valence-corrected chi connectivity index (χ3v) is 3.61. The Morgan fingerprint density at radius 3 is 2.65 bits per heavy atom. The van der Waals surface area contributed by atoms with Gasteiger partial charge in [-0.05, 0) is 43.8 Å². The lowest BCUT2D eigenvalue weighted by molar-refractivity contribution is 0.605. The number of fused-ring (bicyclic) bond motifs is 1. The Hall–Kier alpha value is -2.13. The zero-order chi connectivity index (χ0) is 14.1. The summed E-state index contributed by atoms with van der Waals surface area (Å²) in [5, 5.41) is 4.20. The van der Waals surface area contributed by atoms with E-state index in [9.17, 15) is 4.39 Å². The maximum absolute atomic E-state index is 13.6. The Bertz CT molecular complexity index is 715. The molecule has 0 saturated heterocycles. The molecular weight excluding hydrogens is 253 g/mol. The van der Waals surface area contributed by atoms with Gasteiger partial charge in [-0.1, -0.05) is 24.3 Å². The summed E-state index contributed by atoms with van der Waals surface area (Å²) in [6, 6.07) is 14.7. The predicted molar refractivity (Wildman–Crippen MR) is 79.1 cm³/mol. The molecule has 1 heterocycles. The van der Waals surface area contributed by atoms with Gasteiger partial charge in [0.15, 0.2) is 0 Å². The zero-order valence-electron chi connectivity index (χ0n) is 11.5. The average Bonchev–Trinajstić information content (AvgIpc) is 2.90. The summed E-state index contributed by atoms with van der Waals surface area (Å²) in [4.78, 5) is 0. The van der Waals surface area contributed by atoms with Gasteiger partial charge >= 0.3 is 0 Å². The van der Waals surface area contributed by atoms with E-state index in [-0.39, 0.29) is 11.9 Å². The molecule has 3 heteroatoms. The molecule has 0 aliphatic carbocycles. The van der Waals surface area contributed by atoms with E-state index in [2.05, 4.69) is 5.32 Å². The van der Waals surface area contributed by atoms with Crippen LogP contribution in [0.5, 0.6) is 0 Å². The van der Waals surface area contributed by atoms with Gasteiger partial charge in [-0.25, -0.2) is 4.39 Å². The molecule has 0 saturated carbocycles. The Morgan fingerprint density at radius 2 is 1.90 bits per heavy atom. The maximum atomic E-state index is 13.6. The normalized spacial score (nSPS) is 12.8. The van der Waals surface area contributed by atoms with Crippen molar-refractivity contribution in [2.24, 2.45) is 0 Å². The summed E-state index contributed by atoms with van der Waals surface area (Å²) in [5.41, 5.74) is 2.63. The van der Waals surface area contributed by atoms with Crippen molar-refractivity contribution in [1.29, 1.82) is 0 Å². The van der Waals surface area contributed by atoms with E-state index < -0.39 is 0 Å². The molecule has 0 spiro atoms.